The highest BCUT2D eigenvalue weighted by molar-refractivity contribution is 14.1. The molecule has 0 bridgehead atoms. The summed E-state index contributed by atoms with van der Waals surface area (Å²) in [7, 11) is 0. The fourth-order valence-corrected chi connectivity index (χ4v) is 2.06. The third-order valence-electron chi connectivity index (χ3n) is 2.74. The fraction of sp³-hybridized carbons (Fsp3) is 0.188. The summed E-state index contributed by atoms with van der Waals surface area (Å²) >= 11 is 2.21. The number of hydrogen-bond acceptors (Lipinski definition) is 3. The van der Waals surface area contributed by atoms with Crippen LogP contribution in [-0.4, -0.2) is 24.0 Å². The molecule has 0 unspecified atom stereocenters. The predicted molar refractivity (Wildman–Crippen MR) is 87.6 cm³/mol. The van der Waals surface area contributed by atoms with Gasteiger partial charge in [-0.2, -0.15) is 0 Å². The van der Waals surface area contributed by atoms with Crippen LogP contribution < -0.4 is 4.74 Å². The highest BCUT2D eigenvalue weighted by Gasteiger charge is 2.15. The molecular weight excluding hydrogens is 381 g/mol. The first-order valence-electron chi connectivity index (χ1n) is 6.31. The molecule has 0 aliphatic carbocycles. The quantitative estimate of drug-likeness (QED) is 0.558. The van der Waals surface area contributed by atoms with Gasteiger partial charge in [-0.15, -0.1) is 6.42 Å². The van der Waals surface area contributed by atoms with Crippen molar-refractivity contribution >= 4 is 28.5 Å². The van der Waals surface area contributed by atoms with Gasteiger partial charge in [-0.3, -0.25) is 4.79 Å². The first-order chi connectivity index (χ1) is 10.2. The lowest BCUT2D eigenvalue weighted by Gasteiger charge is -2.19. The number of terminal acetylenes is 1. The number of halogens is 1. The van der Waals surface area contributed by atoms with Crippen molar-refractivity contribution < 1.29 is 13.9 Å². The van der Waals surface area contributed by atoms with Crippen LogP contribution in [0, 0.1) is 15.9 Å². The summed E-state index contributed by atoms with van der Waals surface area (Å²) in [5.41, 5.74) is 0. The third kappa shape index (κ3) is 4.83. The summed E-state index contributed by atoms with van der Waals surface area (Å²) in [6, 6.07) is 11.1. The van der Waals surface area contributed by atoms with Crippen molar-refractivity contribution in [2.45, 2.75) is 6.54 Å². The standard InChI is InChI=1S/C16H14INO3/c1-2-9-18(11-15-4-3-10-20-15)16(19)12-21-14-7-5-13(17)6-8-14/h1,3-8,10H,9,11-12H2. The number of hydrogen-bond donors (Lipinski definition) is 0. The molecule has 0 aliphatic rings. The van der Waals surface area contributed by atoms with E-state index in [2.05, 4.69) is 28.5 Å². The molecular formula is C16H14INO3. The van der Waals surface area contributed by atoms with Crippen molar-refractivity contribution in [3.8, 4) is 18.1 Å². The molecule has 2 rings (SSSR count). The Hall–Kier alpha value is -1.94. The van der Waals surface area contributed by atoms with E-state index in [9.17, 15) is 4.79 Å². The van der Waals surface area contributed by atoms with Crippen LogP contribution in [0.5, 0.6) is 5.75 Å². The molecule has 5 heteroatoms. The van der Waals surface area contributed by atoms with Gasteiger partial charge in [0.15, 0.2) is 6.61 Å². The molecule has 0 radical (unpaired) electrons. The first kappa shape index (κ1) is 15.4. The van der Waals surface area contributed by atoms with Crippen molar-refractivity contribution in [3.05, 3.63) is 52.0 Å². The number of amides is 1. The Morgan fingerprint density at radius 3 is 2.71 bits per heavy atom. The van der Waals surface area contributed by atoms with Crippen LogP contribution in [0.15, 0.2) is 47.1 Å². The van der Waals surface area contributed by atoms with Crippen LogP contribution in [0.25, 0.3) is 0 Å². The smallest absolute Gasteiger partial charge is 0.261 e. The number of furan rings is 1. The summed E-state index contributed by atoms with van der Waals surface area (Å²) in [5.74, 6) is 3.64. The van der Waals surface area contributed by atoms with E-state index in [0.29, 0.717) is 18.1 Å². The molecule has 0 saturated heterocycles. The minimum Gasteiger partial charge on any atom is -0.484 e. The van der Waals surface area contributed by atoms with Crippen LogP contribution >= 0.6 is 22.6 Å². The zero-order chi connectivity index (χ0) is 15.1. The summed E-state index contributed by atoms with van der Waals surface area (Å²) in [5, 5.41) is 0. The van der Waals surface area contributed by atoms with Gasteiger partial charge in [-0.05, 0) is 59.0 Å². The predicted octanol–water partition coefficient (Wildman–Crippen LogP) is 2.93. The molecule has 0 aliphatic heterocycles. The molecule has 1 amide bonds. The second-order valence-corrected chi connectivity index (χ2v) is 5.52. The van der Waals surface area contributed by atoms with E-state index < -0.39 is 0 Å². The van der Waals surface area contributed by atoms with Gasteiger partial charge >= 0.3 is 0 Å². The fourth-order valence-electron chi connectivity index (χ4n) is 1.70. The van der Waals surface area contributed by atoms with Crippen LogP contribution in [0.4, 0.5) is 0 Å². The number of rotatable bonds is 6. The molecule has 1 aromatic heterocycles. The first-order valence-corrected chi connectivity index (χ1v) is 7.39. The summed E-state index contributed by atoms with van der Waals surface area (Å²) in [6.45, 7) is 0.505. The van der Waals surface area contributed by atoms with Crippen LogP contribution in [-0.2, 0) is 11.3 Å². The lowest BCUT2D eigenvalue weighted by atomic mass is 10.3. The zero-order valence-electron chi connectivity index (χ0n) is 11.3. The Labute approximate surface area is 137 Å². The average molecular weight is 395 g/mol. The lowest BCUT2D eigenvalue weighted by molar-refractivity contribution is -0.133. The van der Waals surface area contributed by atoms with Crippen LogP contribution in [0.2, 0.25) is 0 Å². The van der Waals surface area contributed by atoms with Crippen LogP contribution in [0.1, 0.15) is 5.76 Å². The van der Waals surface area contributed by atoms with E-state index in [1.165, 1.54) is 4.90 Å². The second kappa shape index (κ2) is 7.74. The summed E-state index contributed by atoms with van der Waals surface area (Å²) in [6.07, 6.45) is 6.87. The molecule has 108 valence electrons. The zero-order valence-corrected chi connectivity index (χ0v) is 13.4. The van der Waals surface area contributed by atoms with Gasteiger partial charge in [0.1, 0.15) is 11.5 Å². The Morgan fingerprint density at radius 2 is 2.10 bits per heavy atom. The molecule has 2 aromatic rings. The Balaban J connectivity index is 1.92. The van der Waals surface area contributed by atoms with Crippen molar-refractivity contribution in [2.75, 3.05) is 13.2 Å². The van der Waals surface area contributed by atoms with Gasteiger partial charge in [0.25, 0.3) is 5.91 Å². The van der Waals surface area contributed by atoms with Gasteiger partial charge < -0.3 is 14.1 Å². The number of benzene rings is 1. The largest absolute Gasteiger partial charge is 0.484 e. The SMILES string of the molecule is C#CCN(Cc1ccco1)C(=O)COc1ccc(I)cc1. The number of nitrogens with zero attached hydrogens (tertiary/aromatic N) is 1. The minimum atomic E-state index is -0.178. The van der Waals surface area contributed by atoms with Crippen molar-refractivity contribution in [2.24, 2.45) is 0 Å². The lowest BCUT2D eigenvalue weighted by Crippen LogP contribution is -2.34. The molecule has 4 nitrogen and oxygen atoms in total. The van der Waals surface area contributed by atoms with Gasteiger partial charge in [-0.1, -0.05) is 5.92 Å². The number of carbonyl (C=O) groups excluding carboxylic acids is 1. The molecule has 0 saturated carbocycles. The number of ether oxygens (including phenoxy) is 1. The Morgan fingerprint density at radius 1 is 1.33 bits per heavy atom. The van der Waals surface area contributed by atoms with Crippen molar-refractivity contribution in [1.29, 1.82) is 0 Å². The highest BCUT2D eigenvalue weighted by Crippen LogP contribution is 2.14. The van der Waals surface area contributed by atoms with Gasteiger partial charge in [0, 0.05) is 3.57 Å². The molecule has 1 aromatic carbocycles. The highest BCUT2D eigenvalue weighted by atomic mass is 127. The van der Waals surface area contributed by atoms with Gasteiger partial charge in [-0.25, -0.2) is 0 Å². The molecule has 0 fully saturated rings. The molecule has 0 N–H and O–H groups in total. The maximum atomic E-state index is 12.2. The Bertz CT molecular complexity index is 614. The van der Waals surface area contributed by atoms with Crippen LogP contribution in [0.3, 0.4) is 0 Å². The second-order valence-electron chi connectivity index (χ2n) is 4.28. The summed E-state index contributed by atoms with van der Waals surface area (Å²) in [4.78, 5) is 13.7. The van der Waals surface area contributed by atoms with E-state index in [-0.39, 0.29) is 19.1 Å². The van der Waals surface area contributed by atoms with E-state index >= 15 is 0 Å². The molecule has 21 heavy (non-hydrogen) atoms. The summed E-state index contributed by atoms with van der Waals surface area (Å²) < 4.78 is 11.8. The van der Waals surface area contributed by atoms with Crippen molar-refractivity contribution in [1.82, 2.24) is 4.90 Å². The third-order valence-corrected chi connectivity index (χ3v) is 3.46. The molecule has 0 atom stereocenters. The van der Waals surface area contributed by atoms with E-state index in [4.69, 9.17) is 15.6 Å². The molecule has 1 heterocycles. The maximum Gasteiger partial charge on any atom is 0.261 e. The minimum absolute atomic E-state index is 0.0526. The van der Waals surface area contributed by atoms with E-state index in [1.807, 2.05) is 24.3 Å². The van der Waals surface area contributed by atoms with E-state index in [1.54, 1.807) is 18.4 Å². The topological polar surface area (TPSA) is 42.7 Å². The van der Waals surface area contributed by atoms with Gasteiger partial charge in [0.2, 0.25) is 0 Å². The van der Waals surface area contributed by atoms with Crippen molar-refractivity contribution in [3.63, 3.8) is 0 Å². The van der Waals surface area contributed by atoms with Gasteiger partial charge in [0.05, 0.1) is 19.4 Å². The average Bonchev–Trinajstić information content (AvgIpc) is 2.99. The normalized spacial score (nSPS) is 9.90. The Kier molecular flexibility index (Phi) is 5.69. The number of carbonyl (C=O) groups is 1. The van der Waals surface area contributed by atoms with E-state index in [0.717, 1.165) is 3.57 Å². The molecule has 0 spiro atoms. The monoisotopic (exact) mass is 395 g/mol. The maximum absolute atomic E-state index is 12.2.